The zero-order chi connectivity index (χ0) is 17.2. The first-order valence-corrected chi connectivity index (χ1v) is 7.83. The maximum atomic E-state index is 12.4. The number of likely N-dealkylation sites (tertiary alicyclic amines) is 1. The Hall–Kier alpha value is -1.31. The number of hydrogen-bond donors (Lipinski definition) is 0. The van der Waals surface area contributed by atoms with Crippen LogP contribution in [0.2, 0.25) is 10.3 Å². The molecule has 1 fully saturated rings. The number of nitrogens with zero attached hydrogens (tertiary/aromatic N) is 3. The Bertz CT molecular complexity index is 559. The highest BCUT2D eigenvalue weighted by Gasteiger charge is 2.41. The molecule has 0 saturated carbocycles. The fourth-order valence-electron chi connectivity index (χ4n) is 2.18. The van der Waals surface area contributed by atoms with Crippen LogP contribution in [-0.4, -0.2) is 52.5 Å². The van der Waals surface area contributed by atoms with Crippen LogP contribution in [0.3, 0.4) is 0 Å². The summed E-state index contributed by atoms with van der Waals surface area (Å²) in [6, 6.07) is 0. The molecule has 1 aliphatic heterocycles. The smallest absolute Gasteiger partial charge is 0.413 e. The van der Waals surface area contributed by atoms with Gasteiger partial charge in [-0.15, -0.1) is 0 Å². The molecule has 0 aromatic carbocycles. The minimum atomic E-state index is -0.726. The van der Waals surface area contributed by atoms with Crippen molar-refractivity contribution in [1.29, 1.82) is 0 Å². The van der Waals surface area contributed by atoms with Gasteiger partial charge in [-0.3, -0.25) is 4.90 Å². The van der Waals surface area contributed by atoms with Crippen LogP contribution in [0, 0.1) is 0 Å². The summed E-state index contributed by atoms with van der Waals surface area (Å²) in [6.45, 7) is 5.82. The third-order valence-electron chi connectivity index (χ3n) is 3.17. The second-order valence-corrected chi connectivity index (χ2v) is 6.75. The minimum absolute atomic E-state index is 0.0656. The largest absolute Gasteiger partial charge is 0.461 e. The Kier molecular flexibility index (Phi) is 5.54. The number of amides is 1. The average molecular weight is 364 g/mol. The van der Waals surface area contributed by atoms with E-state index in [4.69, 9.17) is 37.4 Å². The van der Waals surface area contributed by atoms with Crippen molar-refractivity contribution in [2.24, 2.45) is 0 Å². The summed E-state index contributed by atoms with van der Waals surface area (Å²) >= 11 is 12.0. The number of rotatable bonds is 3. The zero-order valence-electron chi connectivity index (χ0n) is 13.4. The number of carbonyl (C=O) groups excluding carboxylic acids is 1. The molecule has 2 unspecified atom stereocenters. The highest BCUT2D eigenvalue weighted by Crippen LogP contribution is 2.33. The van der Waals surface area contributed by atoms with Crippen LogP contribution >= 0.6 is 23.2 Å². The van der Waals surface area contributed by atoms with Crippen molar-refractivity contribution in [1.82, 2.24) is 14.9 Å². The lowest BCUT2D eigenvalue weighted by Crippen LogP contribution is -2.46. The first-order chi connectivity index (χ1) is 10.7. The Morgan fingerprint density at radius 2 is 1.91 bits per heavy atom. The SMILES string of the molecule is COC1CCN(C(=O)OC(C)(C)C)C1Oc1c(Cl)ncnc1Cl. The van der Waals surface area contributed by atoms with E-state index in [0.29, 0.717) is 13.0 Å². The van der Waals surface area contributed by atoms with Crippen molar-refractivity contribution in [2.75, 3.05) is 13.7 Å². The number of aromatic nitrogens is 2. The van der Waals surface area contributed by atoms with Crippen LogP contribution in [0.5, 0.6) is 5.75 Å². The number of ether oxygens (including phenoxy) is 3. The van der Waals surface area contributed by atoms with Crippen LogP contribution in [-0.2, 0) is 9.47 Å². The van der Waals surface area contributed by atoms with Gasteiger partial charge in [-0.25, -0.2) is 14.8 Å². The molecular formula is C14H19Cl2N3O4. The van der Waals surface area contributed by atoms with Crippen molar-refractivity contribution in [2.45, 2.75) is 45.1 Å². The number of hydrogen-bond acceptors (Lipinski definition) is 6. The molecule has 0 aliphatic carbocycles. The van der Waals surface area contributed by atoms with E-state index in [-0.39, 0.29) is 22.2 Å². The minimum Gasteiger partial charge on any atom is -0.461 e. The third-order valence-corrected chi connectivity index (χ3v) is 3.70. The predicted octanol–water partition coefficient (Wildman–Crippen LogP) is 3.14. The summed E-state index contributed by atoms with van der Waals surface area (Å²) < 4.78 is 16.6. The van der Waals surface area contributed by atoms with Crippen LogP contribution in [0.4, 0.5) is 4.79 Å². The van der Waals surface area contributed by atoms with Crippen molar-refractivity contribution in [3.8, 4) is 5.75 Å². The lowest BCUT2D eigenvalue weighted by Gasteiger charge is -2.30. The van der Waals surface area contributed by atoms with Gasteiger partial charge >= 0.3 is 6.09 Å². The summed E-state index contributed by atoms with van der Waals surface area (Å²) in [7, 11) is 1.55. The normalized spacial score (nSPS) is 21.4. The molecule has 128 valence electrons. The fourth-order valence-corrected chi connectivity index (χ4v) is 2.58. The fraction of sp³-hybridized carbons (Fsp3) is 0.643. The highest BCUT2D eigenvalue weighted by molar-refractivity contribution is 6.35. The lowest BCUT2D eigenvalue weighted by atomic mass is 10.2. The maximum Gasteiger partial charge on any atom is 0.413 e. The van der Waals surface area contributed by atoms with E-state index < -0.39 is 17.9 Å². The molecule has 23 heavy (non-hydrogen) atoms. The zero-order valence-corrected chi connectivity index (χ0v) is 14.9. The second-order valence-electron chi connectivity index (χ2n) is 6.03. The Morgan fingerprint density at radius 3 is 2.43 bits per heavy atom. The Morgan fingerprint density at radius 1 is 1.30 bits per heavy atom. The molecule has 1 aromatic heterocycles. The van der Waals surface area contributed by atoms with Crippen molar-refractivity contribution in [3.05, 3.63) is 16.6 Å². The number of halogens is 2. The molecule has 2 rings (SSSR count). The van der Waals surface area contributed by atoms with Gasteiger partial charge in [0.25, 0.3) is 0 Å². The lowest BCUT2D eigenvalue weighted by molar-refractivity contribution is -0.0482. The molecular weight excluding hydrogens is 345 g/mol. The molecule has 0 radical (unpaired) electrons. The molecule has 2 atom stereocenters. The predicted molar refractivity (Wildman–Crippen MR) is 84.8 cm³/mol. The maximum absolute atomic E-state index is 12.4. The summed E-state index contributed by atoms with van der Waals surface area (Å²) in [5, 5.41) is 0.131. The van der Waals surface area contributed by atoms with Crippen LogP contribution in [0.25, 0.3) is 0 Å². The molecule has 1 aromatic rings. The first-order valence-electron chi connectivity index (χ1n) is 7.08. The van der Waals surface area contributed by atoms with Gasteiger partial charge in [-0.1, -0.05) is 23.2 Å². The van der Waals surface area contributed by atoms with E-state index in [1.807, 2.05) is 0 Å². The van der Waals surface area contributed by atoms with Crippen molar-refractivity contribution in [3.63, 3.8) is 0 Å². The summed E-state index contributed by atoms with van der Waals surface area (Å²) in [4.78, 5) is 21.5. The van der Waals surface area contributed by atoms with E-state index in [9.17, 15) is 4.79 Å². The Labute approximate surface area is 144 Å². The standard InChI is InChI=1S/C14H19Cl2N3O4/c1-14(2,3)23-13(20)19-6-5-8(21-4)12(19)22-9-10(15)17-7-18-11(9)16/h7-8,12H,5-6H2,1-4H3. The van der Waals surface area contributed by atoms with Crippen LogP contribution in [0.15, 0.2) is 6.33 Å². The van der Waals surface area contributed by atoms with E-state index in [1.54, 1.807) is 27.9 Å². The van der Waals surface area contributed by atoms with Gasteiger partial charge < -0.3 is 14.2 Å². The van der Waals surface area contributed by atoms with Gasteiger partial charge in [0, 0.05) is 13.7 Å². The van der Waals surface area contributed by atoms with Crippen LogP contribution < -0.4 is 4.74 Å². The summed E-state index contributed by atoms with van der Waals surface area (Å²) in [5.41, 5.74) is -0.613. The molecule has 7 nitrogen and oxygen atoms in total. The number of carbonyl (C=O) groups is 1. The molecule has 1 amide bonds. The molecule has 1 aliphatic rings. The molecule has 0 bridgehead atoms. The molecule has 2 heterocycles. The Balaban J connectivity index is 2.22. The van der Waals surface area contributed by atoms with E-state index in [2.05, 4.69) is 9.97 Å². The van der Waals surface area contributed by atoms with E-state index in [0.717, 1.165) is 0 Å². The first kappa shape index (κ1) is 18.0. The van der Waals surface area contributed by atoms with Gasteiger partial charge in [0.2, 0.25) is 6.23 Å². The summed E-state index contributed by atoms with van der Waals surface area (Å²) in [5.74, 6) is 0.110. The average Bonchev–Trinajstić information content (AvgIpc) is 2.84. The van der Waals surface area contributed by atoms with Gasteiger partial charge in [0.05, 0.1) is 0 Å². The summed E-state index contributed by atoms with van der Waals surface area (Å²) in [6.07, 6.45) is 0.270. The molecule has 1 saturated heterocycles. The molecule has 0 N–H and O–H groups in total. The van der Waals surface area contributed by atoms with E-state index in [1.165, 1.54) is 11.2 Å². The molecule has 9 heteroatoms. The topological polar surface area (TPSA) is 73.8 Å². The highest BCUT2D eigenvalue weighted by atomic mass is 35.5. The number of methoxy groups -OCH3 is 1. The monoisotopic (exact) mass is 363 g/mol. The van der Waals surface area contributed by atoms with Gasteiger partial charge in [0.1, 0.15) is 18.0 Å². The van der Waals surface area contributed by atoms with Crippen molar-refractivity contribution < 1.29 is 19.0 Å². The van der Waals surface area contributed by atoms with Gasteiger partial charge in [-0.05, 0) is 27.2 Å². The van der Waals surface area contributed by atoms with Gasteiger partial charge in [-0.2, -0.15) is 0 Å². The van der Waals surface area contributed by atoms with E-state index >= 15 is 0 Å². The van der Waals surface area contributed by atoms with Crippen LogP contribution in [0.1, 0.15) is 27.2 Å². The second kappa shape index (κ2) is 7.07. The molecule has 0 spiro atoms. The van der Waals surface area contributed by atoms with Gasteiger partial charge in [0.15, 0.2) is 16.1 Å². The quantitative estimate of drug-likeness (QED) is 0.768. The van der Waals surface area contributed by atoms with Crippen molar-refractivity contribution >= 4 is 29.3 Å². The third kappa shape index (κ3) is 4.37.